The van der Waals surface area contributed by atoms with Gasteiger partial charge >= 0.3 is 0 Å². The first-order valence-corrected chi connectivity index (χ1v) is 5.48. The number of aromatic nitrogens is 1. The molecular formula is C9H17IN4OS. The minimum Gasteiger partial charge on any atom is -0.375 e. The topological polar surface area (TPSA) is 72.5 Å². The van der Waals surface area contributed by atoms with Gasteiger partial charge in [-0.2, -0.15) is 0 Å². The highest BCUT2D eigenvalue weighted by Crippen LogP contribution is 2.19. The van der Waals surface area contributed by atoms with Gasteiger partial charge in [-0.1, -0.05) is 0 Å². The molecule has 0 fully saturated rings. The summed E-state index contributed by atoms with van der Waals surface area (Å²) in [6, 6.07) is 0. The Labute approximate surface area is 117 Å². The van der Waals surface area contributed by atoms with Gasteiger partial charge in [0.15, 0.2) is 5.96 Å². The van der Waals surface area contributed by atoms with Crippen molar-refractivity contribution in [2.24, 2.45) is 10.7 Å². The lowest BCUT2D eigenvalue weighted by atomic mass is 10.4. The summed E-state index contributed by atoms with van der Waals surface area (Å²) in [5.41, 5.74) is 6.45. The van der Waals surface area contributed by atoms with Crippen molar-refractivity contribution in [1.82, 2.24) is 10.3 Å². The Hall–Kier alpha value is -0.410. The van der Waals surface area contributed by atoms with Crippen molar-refractivity contribution in [2.75, 3.05) is 14.2 Å². The summed E-state index contributed by atoms with van der Waals surface area (Å²) in [6.07, 6.45) is 0.0425. The second-order valence-corrected chi connectivity index (χ2v) is 3.91. The maximum Gasteiger partial charge on any atom is 0.188 e. The molecule has 1 rings (SSSR count). The molecule has 16 heavy (non-hydrogen) atoms. The summed E-state index contributed by atoms with van der Waals surface area (Å²) >= 11 is 1.58. The lowest BCUT2D eigenvalue weighted by molar-refractivity contribution is 0.119. The SMILES string of the molecule is CN=C(N)NCc1csc(C(C)OC)n1.I. The summed E-state index contributed by atoms with van der Waals surface area (Å²) in [7, 11) is 3.31. The molecule has 1 aromatic heterocycles. The molecule has 0 aliphatic heterocycles. The van der Waals surface area contributed by atoms with Crippen LogP contribution in [0.1, 0.15) is 23.7 Å². The maximum absolute atomic E-state index is 5.50. The van der Waals surface area contributed by atoms with Crippen LogP contribution in [0.2, 0.25) is 0 Å². The number of rotatable bonds is 4. The monoisotopic (exact) mass is 356 g/mol. The number of guanidine groups is 1. The van der Waals surface area contributed by atoms with E-state index in [1.165, 1.54) is 0 Å². The molecule has 5 nitrogen and oxygen atoms in total. The van der Waals surface area contributed by atoms with Crippen molar-refractivity contribution in [3.63, 3.8) is 0 Å². The summed E-state index contributed by atoms with van der Waals surface area (Å²) in [5.74, 6) is 0.421. The predicted molar refractivity (Wildman–Crippen MR) is 77.3 cm³/mol. The van der Waals surface area contributed by atoms with Gasteiger partial charge in [-0.05, 0) is 6.92 Å². The quantitative estimate of drug-likeness (QED) is 0.487. The number of nitrogens with zero attached hydrogens (tertiary/aromatic N) is 2. The smallest absolute Gasteiger partial charge is 0.188 e. The van der Waals surface area contributed by atoms with Crippen molar-refractivity contribution in [2.45, 2.75) is 19.6 Å². The summed E-state index contributed by atoms with van der Waals surface area (Å²) in [6.45, 7) is 2.56. The van der Waals surface area contributed by atoms with Gasteiger partial charge in [0.1, 0.15) is 11.1 Å². The average molecular weight is 356 g/mol. The van der Waals surface area contributed by atoms with Gasteiger partial charge in [0.05, 0.1) is 12.2 Å². The highest BCUT2D eigenvalue weighted by molar-refractivity contribution is 14.0. The van der Waals surface area contributed by atoms with Gasteiger partial charge < -0.3 is 15.8 Å². The van der Waals surface area contributed by atoms with E-state index in [-0.39, 0.29) is 30.1 Å². The van der Waals surface area contributed by atoms with Crippen LogP contribution < -0.4 is 11.1 Å². The van der Waals surface area contributed by atoms with Gasteiger partial charge in [-0.3, -0.25) is 4.99 Å². The number of ether oxygens (including phenoxy) is 1. The number of hydrogen-bond donors (Lipinski definition) is 2. The molecule has 0 spiro atoms. The minimum atomic E-state index is 0. The van der Waals surface area contributed by atoms with Crippen LogP contribution in [0, 0.1) is 0 Å². The van der Waals surface area contributed by atoms with Crippen molar-refractivity contribution in [3.05, 3.63) is 16.1 Å². The van der Waals surface area contributed by atoms with Gasteiger partial charge in [0.2, 0.25) is 0 Å². The van der Waals surface area contributed by atoms with Gasteiger partial charge in [-0.25, -0.2) is 4.98 Å². The van der Waals surface area contributed by atoms with Gasteiger partial charge in [-0.15, -0.1) is 35.3 Å². The Bertz CT molecular complexity index is 342. The van der Waals surface area contributed by atoms with E-state index in [0.29, 0.717) is 12.5 Å². The molecule has 0 aliphatic carbocycles. The van der Waals surface area contributed by atoms with E-state index >= 15 is 0 Å². The second-order valence-electron chi connectivity index (χ2n) is 3.02. The van der Waals surface area contributed by atoms with Crippen LogP contribution in [0.25, 0.3) is 0 Å². The summed E-state index contributed by atoms with van der Waals surface area (Å²) in [5, 5.41) is 5.91. The van der Waals surface area contributed by atoms with E-state index in [4.69, 9.17) is 10.5 Å². The molecule has 0 radical (unpaired) electrons. The van der Waals surface area contributed by atoms with Crippen LogP contribution in [0.15, 0.2) is 10.4 Å². The normalized spacial score (nSPS) is 13.1. The first-order chi connectivity index (χ1) is 7.17. The molecule has 0 saturated heterocycles. The Morgan fingerprint density at radius 3 is 3.00 bits per heavy atom. The molecule has 0 saturated carbocycles. The molecule has 1 unspecified atom stereocenters. The fourth-order valence-corrected chi connectivity index (χ4v) is 1.80. The first-order valence-electron chi connectivity index (χ1n) is 4.60. The molecular weight excluding hydrogens is 339 g/mol. The third kappa shape index (κ3) is 4.62. The van der Waals surface area contributed by atoms with Crippen LogP contribution in [-0.2, 0) is 11.3 Å². The zero-order valence-corrected chi connectivity index (χ0v) is 12.7. The molecule has 0 amide bonds. The number of thiazole rings is 1. The van der Waals surface area contributed by atoms with E-state index in [9.17, 15) is 0 Å². The van der Waals surface area contributed by atoms with Crippen molar-refractivity contribution in [3.8, 4) is 0 Å². The Balaban J connectivity index is 0.00000225. The number of halogens is 1. The molecule has 7 heteroatoms. The van der Waals surface area contributed by atoms with Crippen LogP contribution in [0.3, 0.4) is 0 Å². The molecule has 1 aromatic rings. The maximum atomic E-state index is 5.50. The van der Waals surface area contributed by atoms with Crippen LogP contribution in [0.5, 0.6) is 0 Å². The fraction of sp³-hybridized carbons (Fsp3) is 0.556. The molecule has 0 aliphatic rings. The zero-order chi connectivity index (χ0) is 11.3. The number of methoxy groups -OCH3 is 1. The highest BCUT2D eigenvalue weighted by atomic mass is 127. The molecule has 92 valence electrons. The van der Waals surface area contributed by atoms with Crippen molar-refractivity contribution >= 4 is 41.3 Å². The second kappa shape index (κ2) is 7.80. The number of nitrogens with two attached hydrogens (primary N) is 1. The van der Waals surface area contributed by atoms with E-state index in [1.807, 2.05) is 12.3 Å². The first kappa shape index (κ1) is 15.6. The standard InChI is InChI=1S/C9H16N4OS.HI/c1-6(14-3)8-13-7(5-15-8)4-12-9(10)11-2;/h5-6H,4H2,1-3H3,(H3,10,11,12);1H. The van der Waals surface area contributed by atoms with E-state index in [2.05, 4.69) is 15.3 Å². The van der Waals surface area contributed by atoms with E-state index < -0.39 is 0 Å². The lowest BCUT2D eigenvalue weighted by Gasteiger charge is -2.04. The minimum absolute atomic E-state index is 0. The third-order valence-electron chi connectivity index (χ3n) is 1.96. The van der Waals surface area contributed by atoms with Crippen LogP contribution in [-0.4, -0.2) is 25.1 Å². The highest BCUT2D eigenvalue weighted by Gasteiger charge is 2.08. The number of aliphatic imine (C=N–C) groups is 1. The molecule has 1 heterocycles. The van der Waals surface area contributed by atoms with Gasteiger partial charge in [0, 0.05) is 19.5 Å². The van der Waals surface area contributed by atoms with Crippen molar-refractivity contribution in [1.29, 1.82) is 0 Å². The molecule has 0 aromatic carbocycles. The van der Waals surface area contributed by atoms with Crippen molar-refractivity contribution < 1.29 is 4.74 Å². The van der Waals surface area contributed by atoms with E-state index in [1.54, 1.807) is 25.5 Å². The Morgan fingerprint density at radius 1 is 1.75 bits per heavy atom. The molecule has 1 atom stereocenters. The van der Waals surface area contributed by atoms with Crippen LogP contribution >= 0.6 is 35.3 Å². The number of nitrogens with one attached hydrogen (secondary N) is 1. The lowest BCUT2D eigenvalue weighted by Crippen LogP contribution is -2.30. The zero-order valence-electron chi connectivity index (χ0n) is 9.56. The summed E-state index contributed by atoms with van der Waals surface area (Å²) in [4.78, 5) is 8.20. The fourth-order valence-electron chi connectivity index (χ4n) is 0.952. The summed E-state index contributed by atoms with van der Waals surface area (Å²) < 4.78 is 5.18. The Morgan fingerprint density at radius 2 is 2.44 bits per heavy atom. The molecule has 0 bridgehead atoms. The average Bonchev–Trinajstić information content (AvgIpc) is 2.73. The third-order valence-corrected chi connectivity index (χ3v) is 3.02. The predicted octanol–water partition coefficient (Wildman–Crippen LogP) is 1.50. The molecule has 3 N–H and O–H groups in total. The van der Waals surface area contributed by atoms with Crippen LogP contribution in [0.4, 0.5) is 0 Å². The van der Waals surface area contributed by atoms with E-state index in [0.717, 1.165) is 10.7 Å². The van der Waals surface area contributed by atoms with Gasteiger partial charge in [0.25, 0.3) is 0 Å². The number of hydrogen-bond acceptors (Lipinski definition) is 4. The Kier molecular flexibility index (Phi) is 7.60. The largest absolute Gasteiger partial charge is 0.375 e.